The van der Waals surface area contributed by atoms with Crippen molar-refractivity contribution < 1.29 is 15.0 Å². The number of aromatic nitrogens is 4. The average Bonchev–Trinajstić information content (AvgIpc) is 3.38. The molecule has 0 aromatic carbocycles. The number of aliphatic hydroxyl groups is 2. The monoisotopic (exact) mass is 518 g/mol. The number of β-amino-alcohol motifs (C(OH)–C–C–N with tert-alkyl or cyclic N) is 1. The predicted octanol–water partition coefficient (Wildman–Crippen LogP) is 1.81. The normalized spacial score (nSPS) is 22.4. The molecule has 0 aliphatic carbocycles. The van der Waals surface area contributed by atoms with Crippen molar-refractivity contribution in [3.8, 4) is 0 Å². The second kappa shape index (κ2) is 10.4. The van der Waals surface area contributed by atoms with Gasteiger partial charge in [0, 0.05) is 56.4 Å². The van der Waals surface area contributed by atoms with Crippen LogP contribution in [0.1, 0.15) is 55.7 Å². The number of nitrogens with zero attached hydrogens (tertiary/aromatic N) is 6. The molecule has 3 aliphatic heterocycles. The number of carbonyl (C=O) groups excluding carboxylic acids is 1. The van der Waals surface area contributed by atoms with Crippen molar-refractivity contribution in [3.63, 3.8) is 0 Å². The molecule has 2 saturated heterocycles. The summed E-state index contributed by atoms with van der Waals surface area (Å²) in [4.78, 5) is 35.8. The van der Waals surface area contributed by atoms with Crippen molar-refractivity contribution >= 4 is 34.4 Å². The largest absolute Gasteiger partial charge is 0.392 e. The van der Waals surface area contributed by atoms with Crippen LogP contribution in [0.4, 0.5) is 17.6 Å². The van der Waals surface area contributed by atoms with E-state index >= 15 is 0 Å². The molecule has 0 spiro atoms. The summed E-state index contributed by atoms with van der Waals surface area (Å²) in [7, 11) is 0. The molecule has 0 saturated carbocycles. The highest BCUT2D eigenvalue weighted by Crippen LogP contribution is 2.30. The second-order valence-electron chi connectivity index (χ2n) is 10.5. The van der Waals surface area contributed by atoms with Gasteiger partial charge in [-0.1, -0.05) is 6.07 Å². The van der Waals surface area contributed by atoms with Crippen molar-refractivity contribution in [1.82, 2.24) is 30.2 Å². The molecule has 38 heavy (non-hydrogen) atoms. The molecule has 6 rings (SSSR count). The van der Waals surface area contributed by atoms with Gasteiger partial charge in [0.25, 0.3) is 0 Å². The Morgan fingerprint density at radius 2 is 2.00 bits per heavy atom. The summed E-state index contributed by atoms with van der Waals surface area (Å²) in [5.41, 5.74) is 3.35. The standard InChI is InChI=1S/C27H34N8O3/c1-16(36)21-11-18-13-29-27(33-24(18)25(31-21)34-8-3-2-4-9-34)32-23-6-5-17-15-35(10-7-20(17)30-23)26(38)22-12-19(37)14-28-22/h5-6,11,13,16,19,22,28,36-37H,2-4,7-10,12,14-15H2,1H3,(H,29,30,32,33)/t16-,19-,22-/m1/s1. The van der Waals surface area contributed by atoms with Crippen LogP contribution in [0.25, 0.3) is 10.9 Å². The molecule has 1 amide bonds. The van der Waals surface area contributed by atoms with Gasteiger partial charge in [0.2, 0.25) is 11.9 Å². The van der Waals surface area contributed by atoms with Crippen LogP contribution in [-0.2, 0) is 17.8 Å². The summed E-state index contributed by atoms with van der Waals surface area (Å²) < 4.78 is 0. The molecule has 3 aromatic rings. The minimum atomic E-state index is -0.673. The van der Waals surface area contributed by atoms with E-state index in [1.807, 2.05) is 23.1 Å². The second-order valence-corrected chi connectivity index (χ2v) is 10.5. The summed E-state index contributed by atoms with van der Waals surface area (Å²) in [5, 5.41) is 27.1. The van der Waals surface area contributed by atoms with Gasteiger partial charge in [0.05, 0.1) is 23.9 Å². The Kier molecular flexibility index (Phi) is 6.81. The number of nitrogens with one attached hydrogen (secondary N) is 2. The Morgan fingerprint density at radius 3 is 2.76 bits per heavy atom. The van der Waals surface area contributed by atoms with E-state index in [1.165, 1.54) is 6.42 Å². The first-order chi connectivity index (χ1) is 18.4. The summed E-state index contributed by atoms with van der Waals surface area (Å²) >= 11 is 0. The molecular formula is C27H34N8O3. The van der Waals surface area contributed by atoms with Gasteiger partial charge < -0.3 is 30.6 Å². The van der Waals surface area contributed by atoms with Gasteiger partial charge in [-0.2, -0.15) is 0 Å². The van der Waals surface area contributed by atoms with Crippen LogP contribution in [0.2, 0.25) is 0 Å². The van der Waals surface area contributed by atoms with E-state index in [0.717, 1.165) is 53.9 Å². The Hall–Kier alpha value is -3.41. The highest BCUT2D eigenvalue weighted by atomic mass is 16.3. The molecule has 200 valence electrons. The molecule has 0 radical (unpaired) electrons. The van der Waals surface area contributed by atoms with Gasteiger partial charge in [0.15, 0.2) is 5.82 Å². The molecule has 4 N–H and O–H groups in total. The number of rotatable bonds is 5. The number of carbonyl (C=O) groups is 1. The van der Waals surface area contributed by atoms with Gasteiger partial charge in [-0.05, 0) is 50.3 Å². The predicted molar refractivity (Wildman–Crippen MR) is 143 cm³/mol. The molecule has 11 heteroatoms. The van der Waals surface area contributed by atoms with Crippen molar-refractivity contribution in [1.29, 1.82) is 0 Å². The lowest BCUT2D eigenvalue weighted by molar-refractivity contribution is -0.134. The summed E-state index contributed by atoms with van der Waals surface area (Å²) in [6, 6.07) is 5.42. The van der Waals surface area contributed by atoms with Crippen molar-refractivity contribution in [2.75, 3.05) is 36.4 Å². The van der Waals surface area contributed by atoms with Crippen LogP contribution >= 0.6 is 0 Å². The zero-order valence-corrected chi connectivity index (χ0v) is 21.6. The number of hydrogen-bond acceptors (Lipinski definition) is 10. The third-order valence-corrected chi connectivity index (χ3v) is 7.66. The highest BCUT2D eigenvalue weighted by molar-refractivity contribution is 5.89. The summed E-state index contributed by atoms with van der Waals surface area (Å²) in [6.45, 7) is 5.13. The van der Waals surface area contributed by atoms with Crippen LogP contribution in [0.5, 0.6) is 0 Å². The van der Waals surface area contributed by atoms with E-state index < -0.39 is 12.2 Å². The van der Waals surface area contributed by atoms with Crippen LogP contribution in [0.3, 0.4) is 0 Å². The first kappa shape index (κ1) is 24.9. The third-order valence-electron chi connectivity index (χ3n) is 7.66. The SMILES string of the molecule is C[C@@H](O)c1cc2cnc(Nc3ccc4c(n3)CCN(C(=O)[C@H]3C[C@@H](O)CN3)C4)nc2c(N2CCCCC2)n1. The Bertz CT molecular complexity index is 1340. The molecule has 6 heterocycles. The van der Waals surface area contributed by atoms with Gasteiger partial charge in [-0.15, -0.1) is 0 Å². The van der Waals surface area contributed by atoms with Crippen molar-refractivity contribution in [2.24, 2.45) is 0 Å². The van der Waals surface area contributed by atoms with E-state index in [9.17, 15) is 15.0 Å². The topological polar surface area (TPSA) is 140 Å². The molecule has 3 aliphatic rings. The van der Waals surface area contributed by atoms with Crippen molar-refractivity contribution in [2.45, 2.75) is 63.8 Å². The summed E-state index contributed by atoms with van der Waals surface area (Å²) in [6.07, 6.45) is 5.19. The minimum absolute atomic E-state index is 0.0378. The fourth-order valence-corrected chi connectivity index (χ4v) is 5.56. The van der Waals surface area contributed by atoms with Gasteiger partial charge in [-0.3, -0.25) is 4.79 Å². The smallest absolute Gasteiger partial charge is 0.240 e. The Labute approximate surface area is 221 Å². The lowest BCUT2D eigenvalue weighted by atomic mass is 10.0. The van der Waals surface area contributed by atoms with Crippen LogP contribution in [0.15, 0.2) is 24.4 Å². The number of hydrogen-bond donors (Lipinski definition) is 4. The number of amides is 1. The van der Waals surface area contributed by atoms with Crippen LogP contribution in [-0.4, -0.2) is 79.3 Å². The van der Waals surface area contributed by atoms with Gasteiger partial charge in [-0.25, -0.2) is 19.9 Å². The van der Waals surface area contributed by atoms with E-state index in [0.29, 0.717) is 49.9 Å². The van der Waals surface area contributed by atoms with E-state index in [1.54, 1.807) is 13.1 Å². The van der Waals surface area contributed by atoms with Gasteiger partial charge in [0.1, 0.15) is 11.3 Å². The minimum Gasteiger partial charge on any atom is -0.392 e. The number of anilines is 3. The average molecular weight is 519 g/mol. The van der Waals surface area contributed by atoms with E-state index in [2.05, 4.69) is 20.5 Å². The quantitative estimate of drug-likeness (QED) is 0.395. The number of fused-ring (bicyclic) bond motifs is 2. The first-order valence-electron chi connectivity index (χ1n) is 13.5. The Balaban J connectivity index is 1.22. The molecule has 11 nitrogen and oxygen atoms in total. The van der Waals surface area contributed by atoms with E-state index in [4.69, 9.17) is 15.0 Å². The molecule has 3 aromatic heterocycles. The van der Waals surface area contributed by atoms with Gasteiger partial charge >= 0.3 is 0 Å². The number of pyridine rings is 2. The maximum atomic E-state index is 12.9. The molecule has 0 unspecified atom stereocenters. The van der Waals surface area contributed by atoms with Crippen molar-refractivity contribution in [3.05, 3.63) is 41.3 Å². The highest BCUT2D eigenvalue weighted by Gasteiger charge is 2.33. The maximum absolute atomic E-state index is 12.9. The van der Waals surface area contributed by atoms with Crippen LogP contribution < -0.4 is 15.5 Å². The first-order valence-corrected chi connectivity index (χ1v) is 13.5. The molecule has 3 atom stereocenters. The lowest BCUT2D eigenvalue weighted by Crippen LogP contribution is -2.45. The zero-order chi connectivity index (χ0) is 26.2. The lowest BCUT2D eigenvalue weighted by Gasteiger charge is -2.30. The number of aliphatic hydroxyl groups excluding tert-OH is 2. The van der Waals surface area contributed by atoms with E-state index in [-0.39, 0.29) is 11.9 Å². The fraction of sp³-hybridized carbons (Fsp3) is 0.519. The number of piperidine rings is 1. The Morgan fingerprint density at radius 1 is 1.16 bits per heavy atom. The molecule has 2 fully saturated rings. The summed E-state index contributed by atoms with van der Waals surface area (Å²) in [5.74, 6) is 1.91. The molecule has 0 bridgehead atoms. The zero-order valence-electron chi connectivity index (χ0n) is 21.6. The maximum Gasteiger partial charge on any atom is 0.240 e. The molecular weight excluding hydrogens is 484 g/mol. The third kappa shape index (κ3) is 5.01. The van der Waals surface area contributed by atoms with Crippen LogP contribution in [0, 0.1) is 0 Å². The fourth-order valence-electron chi connectivity index (χ4n) is 5.56.